The van der Waals surface area contributed by atoms with Crippen LogP contribution in [0.3, 0.4) is 0 Å². The Morgan fingerprint density at radius 2 is 1.47 bits per heavy atom. The lowest BCUT2D eigenvalue weighted by molar-refractivity contribution is 0.103. The van der Waals surface area contributed by atoms with Gasteiger partial charge in [0.1, 0.15) is 22.3 Å². The number of carbonyl (C=O) groups excluding carboxylic acids is 1. The summed E-state index contributed by atoms with van der Waals surface area (Å²) in [4.78, 5) is 13.2. The summed E-state index contributed by atoms with van der Waals surface area (Å²) in [7, 11) is 0. The van der Waals surface area contributed by atoms with Crippen LogP contribution in [0.15, 0.2) is 69.5 Å². The number of aliphatic hydroxyl groups is 1. The van der Waals surface area contributed by atoms with E-state index in [0.29, 0.717) is 22.3 Å². The standard InChI is InChI=1S/C24H14N2O4/c25-19-17-18(22(28)13-8-2-1-7-12(13)21(17)27)20(26)24-23(19)29-14-9-3-5-11-6-4-10-15(30-24)16(11)14/h1-10,25,27H,26H2. The number of ketones is 1. The van der Waals surface area contributed by atoms with Crippen molar-refractivity contribution in [3.05, 3.63) is 98.8 Å². The second kappa shape index (κ2) is 5.61. The number of nitrogen functional groups attached to an aromatic ring is 1. The number of fused-ring (bicyclic) bond motifs is 2. The molecule has 0 saturated carbocycles. The van der Waals surface area contributed by atoms with Crippen LogP contribution in [0.4, 0.5) is 5.69 Å². The average molecular weight is 394 g/mol. The number of nitrogens with one attached hydrogen (secondary N) is 1. The Hall–Kier alpha value is -4.32. The number of rotatable bonds is 0. The zero-order chi connectivity index (χ0) is 20.6. The Bertz CT molecular complexity index is 1750. The zero-order valence-electron chi connectivity index (χ0n) is 15.5. The van der Waals surface area contributed by atoms with E-state index in [4.69, 9.17) is 20.0 Å². The molecule has 2 aliphatic carbocycles. The van der Waals surface area contributed by atoms with Crippen molar-refractivity contribution in [1.82, 2.24) is 0 Å². The Labute approximate surface area is 168 Å². The van der Waals surface area contributed by atoms with E-state index in [0.717, 1.165) is 10.8 Å². The lowest BCUT2D eigenvalue weighted by atomic mass is 9.89. The number of benzene rings is 3. The van der Waals surface area contributed by atoms with Crippen LogP contribution in [-0.4, -0.2) is 10.9 Å². The first-order chi connectivity index (χ1) is 14.6. The lowest BCUT2D eigenvalue weighted by Gasteiger charge is -2.16. The van der Waals surface area contributed by atoms with Crippen LogP contribution in [-0.2, 0) is 0 Å². The molecule has 144 valence electrons. The maximum atomic E-state index is 13.2. The van der Waals surface area contributed by atoms with Crippen molar-refractivity contribution in [3.8, 4) is 0 Å². The molecule has 0 atom stereocenters. The second-order valence-corrected chi connectivity index (χ2v) is 7.23. The van der Waals surface area contributed by atoms with Crippen LogP contribution in [0.1, 0.15) is 21.5 Å². The van der Waals surface area contributed by atoms with Crippen LogP contribution in [0.5, 0.6) is 0 Å². The second-order valence-electron chi connectivity index (χ2n) is 7.23. The number of aliphatic hydroxyl groups excluding tert-OH is 1. The largest absolute Gasteiger partial charge is 0.507 e. The first-order valence-electron chi connectivity index (χ1n) is 9.35. The van der Waals surface area contributed by atoms with Crippen molar-refractivity contribution in [2.75, 3.05) is 5.73 Å². The van der Waals surface area contributed by atoms with Crippen molar-refractivity contribution in [1.29, 1.82) is 5.41 Å². The molecule has 6 nitrogen and oxygen atoms in total. The Morgan fingerprint density at radius 1 is 0.833 bits per heavy atom. The predicted molar refractivity (Wildman–Crippen MR) is 111 cm³/mol. The molecule has 0 bridgehead atoms. The van der Waals surface area contributed by atoms with Crippen molar-refractivity contribution in [2.45, 2.75) is 0 Å². The van der Waals surface area contributed by atoms with E-state index in [-0.39, 0.29) is 44.2 Å². The van der Waals surface area contributed by atoms with Crippen molar-refractivity contribution in [3.63, 3.8) is 0 Å². The number of hydrogen-bond acceptors (Lipinski definition) is 6. The van der Waals surface area contributed by atoms with Crippen molar-refractivity contribution < 1.29 is 18.7 Å². The van der Waals surface area contributed by atoms with Crippen LogP contribution in [0.2, 0.25) is 0 Å². The van der Waals surface area contributed by atoms with Gasteiger partial charge in [0.25, 0.3) is 0 Å². The molecule has 30 heavy (non-hydrogen) atoms. The van der Waals surface area contributed by atoms with Gasteiger partial charge in [-0.1, -0.05) is 48.5 Å². The molecule has 6 heteroatoms. The molecule has 3 aromatic rings. The van der Waals surface area contributed by atoms with Gasteiger partial charge < -0.3 is 19.7 Å². The summed E-state index contributed by atoms with van der Waals surface area (Å²) < 4.78 is 12.2. The molecule has 6 rings (SSSR count). The normalized spacial score (nSPS) is 13.1. The fourth-order valence-electron chi connectivity index (χ4n) is 4.21. The minimum Gasteiger partial charge on any atom is -0.507 e. The average Bonchev–Trinajstić information content (AvgIpc) is 2.94. The summed E-state index contributed by atoms with van der Waals surface area (Å²) in [5.41, 5.74) is 8.37. The molecule has 0 radical (unpaired) electrons. The van der Waals surface area contributed by atoms with E-state index in [1.165, 1.54) is 0 Å². The molecule has 0 unspecified atom stereocenters. The highest BCUT2D eigenvalue weighted by Crippen LogP contribution is 2.29. The van der Waals surface area contributed by atoms with Crippen LogP contribution in [0.25, 0.3) is 27.7 Å². The third-order valence-corrected chi connectivity index (χ3v) is 5.59. The zero-order valence-corrected chi connectivity index (χ0v) is 15.5. The number of nitrogens with two attached hydrogens (primary N) is 1. The van der Waals surface area contributed by atoms with Gasteiger partial charge in [-0.2, -0.15) is 0 Å². The summed E-state index contributed by atoms with van der Waals surface area (Å²) in [5, 5.41) is 21.2. The topological polar surface area (TPSA) is 113 Å². The third-order valence-electron chi connectivity index (χ3n) is 5.59. The molecule has 1 heterocycles. The number of hydrogen-bond donors (Lipinski definition) is 3. The first kappa shape index (κ1) is 16.6. The fraction of sp³-hybridized carbons (Fsp3) is 0. The lowest BCUT2D eigenvalue weighted by Crippen LogP contribution is -2.38. The van der Waals surface area contributed by atoms with E-state index in [1.54, 1.807) is 36.4 Å². The SMILES string of the molecule is N=c1c2oc3cccc4cccc(oc=2c(N)c2c1=C(O)c1ccccc1C2=O)c43. The van der Waals surface area contributed by atoms with Gasteiger partial charge in [0.05, 0.1) is 21.9 Å². The summed E-state index contributed by atoms with van der Waals surface area (Å²) in [6.07, 6.45) is 0. The van der Waals surface area contributed by atoms with Gasteiger partial charge in [-0.05, 0) is 17.5 Å². The van der Waals surface area contributed by atoms with E-state index >= 15 is 0 Å². The van der Waals surface area contributed by atoms with Gasteiger partial charge in [-0.3, -0.25) is 10.2 Å². The van der Waals surface area contributed by atoms with Crippen LogP contribution in [0, 0.1) is 16.2 Å². The molecule has 0 aromatic heterocycles. The molecule has 0 spiro atoms. The van der Waals surface area contributed by atoms with Crippen molar-refractivity contribution >= 4 is 39.2 Å². The maximum Gasteiger partial charge on any atom is 0.197 e. The smallest absolute Gasteiger partial charge is 0.197 e. The summed E-state index contributed by atoms with van der Waals surface area (Å²) in [6.45, 7) is 0. The van der Waals surface area contributed by atoms with E-state index < -0.39 is 0 Å². The van der Waals surface area contributed by atoms with Gasteiger partial charge in [0.15, 0.2) is 16.6 Å². The summed E-state index contributed by atoms with van der Waals surface area (Å²) in [6, 6.07) is 17.8. The molecule has 1 aliphatic heterocycles. The molecule has 4 N–H and O–H groups in total. The van der Waals surface area contributed by atoms with E-state index in [1.807, 2.05) is 24.3 Å². The molecular formula is C24H14N2O4. The summed E-state index contributed by atoms with van der Waals surface area (Å²) in [5.74, 6) is -0.543. The van der Waals surface area contributed by atoms with Crippen LogP contribution < -0.4 is 16.3 Å². The van der Waals surface area contributed by atoms with E-state index in [2.05, 4.69) is 0 Å². The number of carbonyl (C=O) groups is 1. The molecule has 3 aromatic carbocycles. The highest BCUT2D eigenvalue weighted by Gasteiger charge is 2.28. The van der Waals surface area contributed by atoms with Gasteiger partial charge in [0, 0.05) is 11.1 Å². The minimum atomic E-state index is -0.365. The molecule has 0 saturated heterocycles. The molecule has 3 aliphatic rings. The quantitative estimate of drug-likeness (QED) is 0.372. The first-order valence-corrected chi connectivity index (χ1v) is 9.35. The third kappa shape index (κ3) is 1.97. The molecular weight excluding hydrogens is 380 g/mol. The molecule has 0 amide bonds. The Balaban J connectivity index is 1.96. The van der Waals surface area contributed by atoms with Gasteiger partial charge in [-0.25, -0.2) is 0 Å². The summed E-state index contributed by atoms with van der Waals surface area (Å²) >= 11 is 0. The van der Waals surface area contributed by atoms with Gasteiger partial charge >= 0.3 is 0 Å². The van der Waals surface area contributed by atoms with E-state index in [9.17, 15) is 9.90 Å². The van der Waals surface area contributed by atoms with Gasteiger partial charge in [-0.15, -0.1) is 0 Å². The Morgan fingerprint density at radius 3 is 2.17 bits per heavy atom. The van der Waals surface area contributed by atoms with Crippen molar-refractivity contribution in [2.24, 2.45) is 0 Å². The molecule has 0 fully saturated rings. The fourth-order valence-corrected chi connectivity index (χ4v) is 4.21. The van der Waals surface area contributed by atoms with Crippen LogP contribution >= 0.6 is 0 Å². The highest BCUT2D eigenvalue weighted by atomic mass is 16.4. The highest BCUT2D eigenvalue weighted by molar-refractivity contribution is 6.16. The predicted octanol–water partition coefficient (Wildman–Crippen LogP) is 3.51. The monoisotopic (exact) mass is 394 g/mol. The number of anilines is 1. The maximum absolute atomic E-state index is 13.2. The Kier molecular flexibility index (Phi) is 3.11. The minimum absolute atomic E-state index is 0.0341. The van der Waals surface area contributed by atoms with Gasteiger partial charge in [0.2, 0.25) is 0 Å².